The number of likely N-dealkylation sites (N-methyl/N-ethyl adjacent to an activating group) is 1. The summed E-state index contributed by atoms with van der Waals surface area (Å²) in [4.78, 5) is 2.52. The van der Waals surface area contributed by atoms with Crippen molar-refractivity contribution in [3.63, 3.8) is 0 Å². The minimum atomic E-state index is 0.693. The average Bonchev–Trinajstić information content (AvgIpc) is 2.99. The second kappa shape index (κ2) is 7.42. The molecule has 2 unspecified atom stereocenters. The highest BCUT2D eigenvalue weighted by atomic mass is 15.1. The number of hydrogen-bond donors (Lipinski definition) is 1. The Morgan fingerprint density at radius 1 is 1.05 bits per heavy atom. The van der Waals surface area contributed by atoms with E-state index in [1.54, 1.807) is 0 Å². The van der Waals surface area contributed by atoms with Crippen molar-refractivity contribution in [3.05, 3.63) is 35.9 Å². The van der Waals surface area contributed by atoms with Crippen LogP contribution in [0.15, 0.2) is 30.3 Å². The molecule has 1 saturated carbocycles. The van der Waals surface area contributed by atoms with Crippen molar-refractivity contribution >= 4 is 0 Å². The van der Waals surface area contributed by atoms with E-state index >= 15 is 0 Å². The summed E-state index contributed by atoms with van der Waals surface area (Å²) in [5, 5.41) is 3.87. The third-order valence-electron chi connectivity index (χ3n) is 5.26. The maximum absolute atomic E-state index is 3.87. The van der Waals surface area contributed by atoms with E-state index in [2.05, 4.69) is 47.6 Å². The first-order valence-electron chi connectivity index (χ1n) is 8.75. The van der Waals surface area contributed by atoms with E-state index in [9.17, 15) is 0 Å². The first kappa shape index (κ1) is 15.1. The lowest BCUT2D eigenvalue weighted by Gasteiger charge is -2.36. The summed E-state index contributed by atoms with van der Waals surface area (Å²) in [5.74, 6) is 1.75. The molecular formula is C19H30N2. The minimum Gasteiger partial charge on any atom is -0.312 e. The molecule has 1 aromatic carbocycles. The fourth-order valence-corrected chi connectivity index (χ4v) is 4.23. The summed E-state index contributed by atoms with van der Waals surface area (Å²) in [7, 11) is 2.28. The Morgan fingerprint density at radius 3 is 2.57 bits per heavy atom. The van der Waals surface area contributed by atoms with Crippen molar-refractivity contribution in [1.82, 2.24) is 10.2 Å². The zero-order chi connectivity index (χ0) is 14.5. The Bertz CT molecular complexity index is 411. The molecule has 0 bridgehead atoms. The van der Waals surface area contributed by atoms with Crippen molar-refractivity contribution in [2.24, 2.45) is 11.8 Å². The van der Waals surface area contributed by atoms with Gasteiger partial charge in [0.1, 0.15) is 0 Å². The van der Waals surface area contributed by atoms with E-state index in [-0.39, 0.29) is 0 Å². The molecule has 0 amide bonds. The predicted molar refractivity (Wildman–Crippen MR) is 89.5 cm³/mol. The second-order valence-corrected chi connectivity index (χ2v) is 7.27. The standard InChI is InChI=1S/C19H30N2/c1-21-14-18(11-16-7-3-2-4-8-16)12-19(15-21)20-13-17-9-5-6-10-17/h2-4,7-8,17-20H,5-6,9-15H2,1H3. The number of piperidine rings is 1. The van der Waals surface area contributed by atoms with E-state index in [1.807, 2.05) is 0 Å². The Hall–Kier alpha value is -0.860. The number of benzene rings is 1. The van der Waals surface area contributed by atoms with Gasteiger partial charge in [-0.2, -0.15) is 0 Å². The molecule has 2 nitrogen and oxygen atoms in total. The van der Waals surface area contributed by atoms with E-state index in [4.69, 9.17) is 0 Å². The van der Waals surface area contributed by atoms with Gasteiger partial charge in [0.25, 0.3) is 0 Å². The normalized spacial score (nSPS) is 28.0. The Morgan fingerprint density at radius 2 is 1.81 bits per heavy atom. The van der Waals surface area contributed by atoms with Crippen LogP contribution >= 0.6 is 0 Å². The summed E-state index contributed by atoms with van der Waals surface area (Å²) < 4.78 is 0. The molecule has 1 N–H and O–H groups in total. The number of hydrogen-bond acceptors (Lipinski definition) is 2. The lowest BCUT2D eigenvalue weighted by molar-refractivity contribution is 0.165. The predicted octanol–water partition coefficient (Wildman–Crippen LogP) is 3.33. The fraction of sp³-hybridized carbons (Fsp3) is 0.684. The largest absolute Gasteiger partial charge is 0.312 e. The molecule has 3 rings (SSSR count). The highest BCUT2D eigenvalue weighted by Crippen LogP contribution is 2.25. The quantitative estimate of drug-likeness (QED) is 0.893. The van der Waals surface area contributed by atoms with E-state index in [1.165, 1.54) is 63.7 Å². The van der Waals surface area contributed by atoms with E-state index < -0.39 is 0 Å². The van der Waals surface area contributed by atoms with Gasteiger partial charge in [-0.3, -0.25) is 0 Å². The molecule has 0 spiro atoms. The average molecular weight is 286 g/mol. The highest BCUT2D eigenvalue weighted by molar-refractivity contribution is 5.15. The van der Waals surface area contributed by atoms with Crippen LogP contribution in [0.5, 0.6) is 0 Å². The van der Waals surface area contributed by atoms with Crippen molar-refractivity contribution < 1.29 is 0 Å². The Balaban J connectivity index is 1.49. The first-order chi connectivity index (χ1) is 10.3. The van der Waals surface area contributed by atoms with Crippen LogP contribution in [-0.4, -0.2) is 37.6 Å². The van der Waals surface area contributed by atoms with Gasteiger partial charge < -0.3 is 10.2 Å². The van der Waals surface area contributed by atoms with Crippen molar-refractivity contribution in [2.45, 2.75) is 44.6 Å². The lowest BCUT2D eigenvalue weighted by Crippen LogP contribution is -2.49. The van der Waals surface area contributed by atoms with Crippen LogP contribution < -0.4 is 5.32 Å². The van der Waals surface area contributed by atoms with Gasteiger partial charge in [0.05, 0.1) is 0 Å². The summed E-state index contributed by atoms with van der Waals surface area (Å²) in [6, 6.07) is 11.7. The molecule has 2 atom stereocenters. The van der Waals surface area contributed by atoms with Crippen LogP contribution in [0.4, 0.5) is 0 Å². The number of likely N-dealkylation sites (tertiary alicyclic amines) is 1. The zero-order valence-corrected chi connectivity index (χ0v) is 13.4. The van der Waals surface area contributed by atoms with Gasteiger partial charge in [0.15, 0.2) is 0 Å². The van der Waals surface area contributed by atoms with Crippen LogP contribution in [0.1, 0.15) is 37.7 Å². The van der Waals surface area contributed by atoms with Gasteiger partial charge in [0.2, 0.25) is 0 Å². The molecule has 0 radical (unpaired) electrons. The fourth-order valence-electron chi connectivity index (χ4n) is 4.23. The minimum absolute atomic E-state index is 0.693. The van der Waals surface area contributed by atoms with Crippen molar-refractivity contribution in [2.75, 3.05) is 26.7 Å². The highest BCUT2D eigenvalue weighted by Gasteiger charge is 2.26. The molecular weight excluding hydrogens is 256 g/mol. The summed E-state index contributed by atoms with van der Waals surface area (Å²) in [6.07, 6.45) is 8.37. The van der Waals surface area contributed by atoms with Crippen molar-refractivity contribution in [1.29, 1.82) is 0 Å². The Kier molecular flexibility index (Phi) is 5.32. The van der Waals surface area contributed by atoms with Crippen LogP contribution in [-0.2, 0) is 6.42 Å². The first-order valence-corrected chi connectivity index (χ1v) is 8.75. The maximum Gasteiger partial charge on any atom is 0.0198 e. The van der Waals surface area contributed by atoms with Gasteiger partial charge in [-0.05, 0) is 56.7 Å². The monoisotopic (exact) mass is 286 g/mol. The summed E-state index contributed by atoms with van der Waals surface area (Å²) in [5.41, 5.74) is 1.49. The van der Waals surface area contributed by atoms with Crippen LogP contribution in [0.25, 0.3) is 0 Å². The topological polar surface area (TPSA) is 15.3 Å². The van der Waals surface area contributed by atoms with Gasteiger partial charge in [-0.25, -0.2) is 0 Å². The molecule has 116 valence electrons. The maximum atomic E-state index is 3.87. The third-order valence-corrected chi connectivity index (χ3v) is 5.26. The smallest absolute Gasteiger partial charge is 0.0198 e. The molecule has 1 heterocycles. The Labute approximate surface area is 129 Å². The molecule has 2 aliphatic rings. The van der Waals surface area contributed by atoms with Gasteiger partial charge in [-0.1, -0.05) is 43.2 Å². The van der Waals surface area contributed by atoms with Crippen LogP contribution in [0.3, 0.4) is 0 Å². The number of nitrogens with zero attached hydrogens (tertiary/aromatic N) is 1. The zero-order valence-electron chi connectivity index (χ0n) is 13.4. The van der Waals surface area contributed by atoms with Crippen LogP contribution in [0, 0.1) is 11.8 Å². The van der Waals surface area contributed by atoms with Gasteiger partial charge in [-0.15, -0.1) is 0 Å². The van der Waals surface area contributed by atoms with Gasteiger partial charge in [0, 0.05) is 19.1 Å². The number of rotatable bonds is 5. The lowest BCUT2D eigenvalue weighted by atomic mass is 9.88. The van der Waals surface area contributed by atoms with E-state index in [0.29, 0.717) is 6.04 Å². The van der Waals surface area contributed by atoms with Crippen LogP contribution in [0.2, 0.25) is 0 Å². The number of nitrogens with one attached hydrogen (secondary N) is 1. The molecule has 1 aromatic rings. The molecule has 2 fully saturated rings. The third kappa shape index (κ3) is 4.55. The molecule has 21 heavy (non-hydrogen) atoms. The molecule has 0 aromatic heterocycles. The van der Waals surface area contributed by atoms with E-state index in [0.717, 1.165) is 11.8 Å². The molecule has 1 saturated heterocycles. The molecule has 2 heteroatoms. The van der Waals surface area contributed by atoms with Gasteiger partial charge >= 0.3 is 0 Å². The molecule has 1 aliphatic carbocycles. The van der Waals surface area contributed by atoms with Crippen molar-refractivity contribution in [3.8, 4) is 0 Å². The summed E-state index contributed by atoms with van der Waals surface area (Å²) >= 11 is 0. The summed E-state index contributed by atoms with van der Waals surface area (Å²) in [6.45, 7) is 3.71. The SMILES string of the molecule is CN1CC(Cc2ccccc2)CC(NCC2CCCC2)C1. The molecule has 1 aliphatic heterocycles. The second-order valence-electron chi connectivity index (χ2n) is 7.27.